The molecule has 0 spiro atoms. The SMILES string of the molecule is Cn1c2c(c(=O)n(C)c1=O)C(c1ccc([N+](=O)[O-])cc1)c1c(ccc3[nH]ncc13)N2. The Kier molecular flexibility index (Phi) is 3.66. The van der Waals surface area contributed by atoms with Gasteiger partial charge in [0.25, 0.3) is 11.2 Å². The van der Waals surface area contributed by atoms with Crippen molar-refractivity contribution < 1.29 is 4.92 Å². The van der Waals surface area contributed by atoms with E-state index in [1.54, 1.807) is 25.4 Å². The number of nitro groups is 1. The van der Waals surface area contributed by atoms with Crippen molar-refractivity contribution in [1.29, 1.82) is 0 Å². The van der Waals surface area contributed by atoms with Crippen molar-refractivity contribution >= 4 is 28.1 Å². The Morgan fingerprint density at radius 3 is 2.47 bits per heavy atom. The molecule has 0 saturated carbocycles. The van der Waals surface area contributed by atoms with E-state index in [4.69, 9.17) is 0 Å². The number of aromatic amines is 1. The lowest BCUT2D eigenvalue weighted by molar-refractivity contribution is -0.384. The Hall–Kier alpha value is -4.21. The highest BCUT2D eigenvalue weighted by Crippen LogP contribution is 2.45. The van der Waals surface area contributed by atoms with E-state index < -0.39 is 22.1 Å². The number of hydrogen-bond acceptors (Lipinski definition) is 6. The molecule has 0 radical (unpaired) electrons. The van der Waals surface area contributed by atoms with Gasteiger partial charge in [0.1, 0.15) is 5.82 Å². The van der Waals surface area contributed by atoms with E-state index in [-0.39, 0.29) is 5.69 Å². The first-order valence-electron chi connectivity index (χ1n) is 9.15. The van der Waals surface area contributed by atoms with E-state index in [1.807, 2.05) is 12.1 Å². The summed E-state index contributed by atoms with van der Waals surface area (Å²) in [7, 11) is 3.04. The van der Waals surface area contributed by atoms with Crippen molar-refractivity contribution in [2.24, 2.45) is 14.1 Å². The highest BCUT2D eigenvalue weighted by molar-refractivity contribution is 5.92. The zero-order chi connectivity index (χ0) is 21.2. The average molecular weight is 404 g/mol. The Bertz CT molecular complexity index is 1460. The van der Waals surface area contributed by atoms with Crippen molar-refractivity contribution in [1.82, 2.24) is 19.3 Å². The molecule has 0 amide bonds. The second kappa shape index (κ2) is 6.14. The fourth-order valence-corrected chi connectivity index (χ4v) is 4.13. The third kappa shape index (κ3) is 2.33. The van der Waals surface area contributed by atoms with E-state index in [1.165, 1.54) is 23.7 Å². The molecule has 0 saturated heterocycles. The highest BCUT2D eigenvalue weighted by Gasteiger charge is 2.34. The lowest BCUT2D eigenvalue weighted by atomic mass is 9.81. The smallest absolute Gasteiger partial charge is 0.332 e. The molecule has 0 bridgehead atoms. The molecule has 2 aromatic carbocycles. The predicted molar refractivity (Wildman–Crippen MR) is 110 cm³/mol. The first-order valence-corrected chi connectivity index (χ1v) is 9.15. The van der Waals surface area contributed by atoms with Crippen LogP contribution in [0.3, 0.4) is 0 Å². The molecular weight excluding hydrogens is 388 g/mol. The first-order chi connectivity index (χ1) is 14.4. The van der Waals surface area contributed by atoms with Gasteiger partial charge in [-0.1, -0.05) is 12.1 Å². The Labute approximate surface area is 168 Å². The summed E-state index contributed by atoms with van der Waals surface area (Å²) in [5, 5.41) is 22.2. The summed E-state index contributed by atoms with van der Waals surface area (Å²) >= 11 is 0. The van der Waals surface area contributed by atoms with Crippen LogP contribution in [0.4, 0.5) is 17.2 Å². The van der Waals surface area contributed by atoms with Crippen LogP contribution in [0.2, 0.25) is 0 Å². The van der Waals surface area contributed by atoms with Crippen LogP contribution in [0.5, 0.6) is 0 Å². The number of non-ortho nitro benzene ring substituents is 1. The summed E-state index contributed by atoms with van der Waals surface area (Å²) in [6, 6.07) is 9.85. The third-order valence-electron chi connectivity index (χ3n) is 5.63. The van der Waals surface area contributed by atoms with E-state index in [9.17, 15) is 19.7 Å². The molecular formula is C20H16N6O4. The van der Waals surface area contributed by atoms with Gasteiger partial charge in [0, 0.05) is 43.2 Å². The maximum absolute atomic E-state index is 13.2. The third-order valence-corrected chi connectivity index (χ3v) is 5.63. The summed E-state index contributed by atoms with van der Waals surface area (Å²) < 4.78 is 2.47. The topological polar surface area (TPSA) is 128 Å². The minimum absolute atomic E-state index is 0.0389. The average Bonchev–Trinajstić information content (AvgIpc) is 3.24. The zero-order valence-corrected chi connectivity index (χ0v) is 16.0. The van der Waals surface area contributed by atoms with Crippen molar-refractivity contribution in [3.05, 3.63) is 90.2 Å². The van der Waals surface area contributed by atoms with Crippen LogP contribution in [-0.4, -0.2) is 24.3 Å². The predicted octanol–water partition coefficient (Wildman–Crippen LogP) is 2.11. The van der Waals surface area contributed by atoms with Crippen LogP contribution in [0.1, 0.15) is 22.6 Å². The maximum atomic E-state index is 13.2. The second-order valence-electron chi connectivity index (χ2n) is 7.23. The normalized spacial score (nSPS) is 14.8. The molecule has 1 aliphatic rings. The molecule has 10 nitrogen and oxygen atoms in total. The van der Waals surface area contributed by atoms with Gasteiger partial charge in [0.05, 0.1) is 22.2 Å². The minimum Gasteiger partial charge on any atom is -0.341 e. The number of benzene rings is 2. The summed E-state index contributed by atoms with van der Waals surface area (Å²) in [6.07, 6.45) is 1.69. The van der Waals surface area contributed by atoms with Crippen molar-refractivity contribution in [3.8, 4) is 0 Å². The summed E-state index contributed by atoms with van der Waals surface area (Å²) in [4.78, 5) is 36.3. The number of rotatable bonds is 2. The maximum Gasteiger partial charge on any atom is 0.332 e. The van der Waals surface area contributed by atoms with E-state index in [2.05, 4.69) is 15.5 Å². The number of fused-ring (bicyclic) bond motifs is 4. The van der Waals surface area contributed by atoms with E-state index in [0.29, 0.717) is 16.9 Å². The molecule has 10 heteroatoms. The number of anilines is 2. The van der Waals surface area contributed by atoms with Crippen LogP contribution < -0.4 is 16.6 Å². The number of nitro benzene ring substituents is 1. The highest BCUT2D eigenvalue weighted by atomic mass is 16.6. The molecule has 0 aliphatic carbocycles. The van der Waals surface area contributed by atoms with Crippen LogP contribution in [-0.2, 0) is 14.1 Å². The first kappa shape index (κ1) is 17.9. The molecule has 1 unspecified atom stereocenters. The fraction of sp³-hybridized carbons (Fsp3) is 0.150. The Balaban J connectivity index is 1.89. The number of hydrogen-bond donors (Lipinski definition) is 2. The van der Waals surface area contributed by atoms with Gasteiger partial charge in [0.15, 0.2) is 0 Å². The van der Waals surface area contributed by atoms with Gasteiger partial charge >= 0.3 is 5.69 Å². The van der Waals surface area contributed by atoms with Crippen molar-refractivity contribution in [2.45, 2.75) is 5.92 Å². The molecule has 2 aromatic heterocycles. The Morgan fingerprint density at radius 1 is 1.03 bits per heavy atom. The quantitative estimate of drug-likeness (QED) is 0.343. The van der Waals surface area contributed by atoms with Gasteiger partial charge in [-0.3, -0.25) is 29.1 Å². The fourth-order valence-electron chi connectivity index (χ4n) is 4.13. The van der Waals surface area contributed by atoms with Gasteiger partial charge in [-0.2, -0.15) is 5.10 Å². The molecule has 2 N–H and O–H groups in total. The molecule has 150 valence electrons. The van der Waals surface area contributed by atoms with Crippen molar-refractivity contribution in [3.63, 3.8) is 0 Å². The number of nitrogens with zero attached hydrogens (tertiary/aromatic N) is 4. The van der Waals surface area contributed by atoms with E-state index >= 15 is 0 Å². The Morgan fingerprint density at radius 2 is 1.77 bits per heavy atom. The molecule has 1 atom stereocenters. The van der Waals surface area contributed by atoms with E-state index in [0.717, 1.165) is 26.7 Å². The van der Waals surface area contributed by atoms with Crippen LogP contribution in [0, 0.1) is 10.1 Å². The molecule has 30 heavy (non-hydrogen) atoms. The summed E-state index contributed by atoms with van der Waals surface area (Å²) in [5.74, 6) is -0.134. The summed E-state index contributed by atoms with van der Waals surface area (Å²) in [5.41, 5.74) is 2.55. The molecule has 0 fully saturated rings. The lowest BCUT2D eigenvalue weighted by Gasteiger charge is -2.31. The zero-order valence-electron chi connectivity index (χ0n) is 16.0. The molecule has 3 heterocycles. The van der Waals surface area contributed by atoms with Crippen LogP contribution in [0.25, 0.3) is 10.9 Å². The lowest BCUT2D eigenvalue weighted by Crippen LogP contribution is -2.42. The number of nitrogens with one attached hydrogen (secondary N) is 2. The minimum atomic E-state index is -0.538. The second-order valence-corrected chi connectivity index (χ2v) is 7.23. The summed E-state index contributed by atoms with van der Waals surface area (Å²) in [6.45, 7) is 0. The monoisotopic (exact) mass is 404 g/mol. The molecule has 1 aliphatic heterocycles. The largest absolute Gasteiger partial charge is 0.341 e. The molecule has 4 aromatic rings. The van der Waals surface area contributed by atoms with Gasteiger partial charge < -0.3 is 5.32 Å². The van der Waals surface area contributed by atoms with Gasteiger partial charge in [0.2, 0.25) is 0 Å². The van der Waals surface area contributed by atoms with Gasteiger partial charge in [-0.25, -0.2) is 4.79 Å². The van der Waals surface area contributed by atoms with Gasteiger partial charge in [-0.15, -0.1) is 0 Å². The standard InChI is InChI=1S/C20H16N6O4/c1-24-18-17(19(27)25(2)20(24)28)15(10-3-5-11(6-4-10)26(29)30)16-12-9-21-23-13(12)7-8-14(16)22-18/h3-9,15,22H,1-2H3,(H,21,23). The van der Waals surface area contributed by atoms with Gasteiger partial charge in [-0.05, 0) is 23.3 Å². The molecule has 5 rings (SSSR count). The van der Waals surface area contributed by atoms with Crippen molar-refractivity contribution in [2.75, 3.05) is 5.32 Å². The van der Waals surface area contributed by atoms with Crippen LogP contribution >= 0.6 is 0 Å². The number of aromatic nitrogens is 4. The number of H-pyrrole nitrogens is 1. The van der Waals surface area contributed by atoms with Crippen LogP contribution in [0.15, 0.2) is 52.2 Å².